The van der Waals surface area contributed by atoms with Gasteiger partial charge in [-0.3, -0.25) is 0 Å². The van der Waals surface area contributed by atoms with Crippen molar-refractivity contribution >= 4 is 11.6 Å². The van der Waals surface area contributed by atoms with E-state index in [1.165, 1.54) is 12.5 Å². The predicted molar refractivity (Wildman–Crippen MR) is 64.2 cm³/mol. The van der Waals surface area contributed by atoms with Crippen molar-refractivity contribution in [1.29, 1.82) is 0 Å². The first kappa shape index (κ1) is 11.8. The van der Waals surface area contributed by atoms with Crippen LogP contribution in [0.15, 0.2) is 30.7 Å². The van der Waals surface area contributed by atoms with Crippen LogP contribution in [-0.4, -0.2) is 15.1 Å². The first-order valence-electron chi connectivity index (χ1n) is 5.04. The molecule has 1 heterocycles. The van der Waals surface area contributed by atoms with Crippen LogP contribution in [0.5, 0.6) is 11.6 Å². The molecule has 0 unspecified atom stereocenters. The third-order valence-corrected chi connectivity index (χ3v) is 2.51. The largest absolute Gasteiger partial charge is 0.437 e. The zero-order valence-electron chi connectivity index (χ0n) is 9.22. The van der Waals surface area contributed by atoms with Crippen LogP contribution in [0.2, 0.25) is 5.02 Å². The molecule has 0 bridgehead atoms. The maximum Gasteiger partial charge on any atom is 0.227 e. The number of hydrogen-bond acceptors (Lipinski definition) is 4. The Morgan fingerprint density at radius 2 is 2.24 bits per heavy atom. The molecule has 0 atom stereocenters. The van der Waals surface area contributed by atoms with E-state index < -0.39 is 0 Å². The molecule has 2 aromatic rings. The van der Waals surface area contributed by atoms with Gasteiger partial charge in [0.25, 0.3) is 0 Å². The molecule has 5 heteroatoms. The lowest BCUT2D eigenvalue weighted by atomic mass is 10.2. The fourth-order valence-electron chi connectivity index (χ4n) is 1.34. The van der Waals surface area contributed by atoms with Gasteiger partial charge in [-0.05, 0) is 24.6 Å². The van der Waals surface area contributed by atoms with E-state index in [4.69, 9.17) is 21.4 Å². The molecule has 1 aromatic carbocycles. The van der Waals surface area contributed by atoms with Gasteiger partial charge >= 0.3 is 0 Å². The lowest BCUT2D eigenvalue weighted by molar-refractivity contribution is 0.274. The van der Waals surface area contributed by atoms with Gasteiger partial charge in [0.05, 0.1) is 17.2 Å². The molecule has 0 saturated heterocycles. The quantitative estimate of drug-likeness (QED) is 0.910. The van der Waals surface area contributed by atoms with E-state index in [0.717, 1.165) is 5.56 Å². The third kappa shape index (κ3) is 2.72. The van der Waals surface area contributed by atoms with E-state index in [-0.39, 0.29) is 6.61 Å². The summed E-state index contributed by atoms with van der Waals surface area (Å²) in [6.07, 6.45) is 2.86. The molecule has 0 aliphatic rings. The highest BCUT2D eigenvalue weighted by Gasteiger charge is 2.08. The summed E-state index contributed by atoms with van der Waals surface area (Å²) in [6, 6.07) is 5.46. The van der Waals surface area contributed by atoms with E-state index in [9.17, 15) is 0 Å². The molecule has 0 aliphatic carbocycles. The molecule has 1 aromatic heterocycles. The van der Waals surface area contributed by atoms with Crippen molar-refractivity contribution in [1.82, 2.24) is 9.97 Å². The number of hydrogen-bond donors (Lipinski definition) is 1. The number of benzene rings is 1. The van der Waals surface area contributed by atoms with Gasteiger partial charge in [0, 0.05) is 6.20 Å². The summed E-state index contributed by atoms with van der Waals surface area (Å²) < 4.78 is 5.54. The minimum absolute atomic E-state index is 0.181. The molecule has 4 nitrogen and oxygen atoms in total. The van der Waals surface area contributed by atoms with Gasteiger partial charge in [0.1, 0.15) is 12.1 Å². The van der Waals surface area contributed by atoms with Crippen LogP contribution in [0.4, 0.5) is 0 Å². The Morgan fingerprint density at radius 1 is 1.41 bits per heavy atom. The molecule has 0 saturated carbocycles. The molecule has 0 radical (unpaired) electrons. The maximum atomic E-state index is 9.12. The standard InChI is InChI=1S/C12H11ClN2O2/c1-8-2-3-11(10(13)4-8)17-12-9(6-16)5-14-7-15-12/h2-5,7,16H,6H2,1H3. The molecular weight excluding hydrogens is 240 g/mol. The van der Waals surface area contributed by atoms with Crippen LogP contribution in [0, 0.1) is 6.92 Å². The van der Waals surface area contributed by atoms with Crippen molar-refractivity contribution in [3.8, 4) is 11.6 Å². The van der Waals surface area contributed by atoms with Crippen LogP contribution < -0.4 is 4.74 Å². The molecular formula is C12H11ClN2O2. The summed E-state index contributed by atoms with van der Waals surface area (Å²) in [5, 5.41) is 9.62. The number of halogens is 1. The lowest BCUT2D eigenvalue weighted by Crippen LogP contribution is -1.96. The molecule has 0 aliphatic heterocycles. The number of aryl methyl sites for hydroxylation is 1. The van der Waals surface area contributed by atoms with Crippen molar-refractivity contribution in [2.75, 3.05) is 0 Å². The molecule has 0 amide bonds. The Kier molecular flexibility index (Phi) is 3.56. The Bertz CT molecular complexity index is 532. The van der Waals surface area contributed by atoms with Gasteiger partial charge in [-0.1, -0.05) is 17.7 Å². The highest BCUT2D eigenvalue weighted by atomic mass is 35.5. The Labute approximate surface area is 104 Å². The van der Waals surface area contributed by atoms with Crippen LogP contribution >= 0.6 is 11.6 Å². The molecule has 88 valence electrons. The van der Waals surface area contributed by atoms with E-state index in [1.54, 1.807) is 12.1 Å². The third-order valence-electron chi connectivity index (χ3n) is 2.21. The van der Waals surface area contributed by atoms with E-state index in [2.05, 4.69) is 9.97 Å². The van der Waals surface area contributed by atoms with Crippen molar-refractivity contribution in [2.45, 2.75) is 13.5 Å². The van der Waals surface area contributed by atoms with Crippen LogP contribution in [0.1, 0.15) is 11.1 Å². The van der Waals surface area contributed by atoms with Crippen LogP contribution in [0.3, 0.4) is 0 Å². The van der Waals surface area contributed by atoms with E-state index in [1.807, 2.05) is 13.0 Å². The van der Waals surface area contributed by atoms with E-state index in [0.29, 0.717) is 22.2 Å². The Hall–Kier alpha value is -1.65. The van der Waals surface area contributed by atoms with Gasteiger partial charge < -0.3 is 9.84 Å². The minimum Gasteiger partial charge on any atom is -0.437 e. The number of aliphatic hydroxyl groups is 1. The molecule has 0 spiro atoms. The fraction of sp³-hybridized carbons (Fsp3) is 0.167. The summed E-state index contributed by atoms with van der Waals surface area (Å²) in [5.74, 6) is 0.818. The normalized spacial score (nSPS) is 10.3. The predicted octanol–water partition coefficient (Wildman–Crippen LogP) is 2.72. The van der Waals surface area contributed by atoms with Crippen LogP contribution in [-0.2, 0) is 6.61 Å². The molecule has 0 fully saturated rings. The van der Waals surface area contributed by atoms with Crippen LogP contribution in [0.25, 0.3) is 0 Å². The highest BCUT2D eigenvalue weighted by Crippen LogP contribution is 2.30. The summed E-state index contributed by atoms with van der Waals surface area (Å²) in [4.78, 5) is 7.77. The van der Waals surface area contributed by atoms with Gasteiger partial charge in [-0.15, -0.1) is 0 Å². The van der Waals surface area contributed by atoms with Crippen molar-refractivity contribution < 1.29 is 9.84 Å². The summed E-state index contributed by atoms with van der Waals surface area (Å²) >= 11 is 6.04. The molecule has 17 heavy (non-hydrogen) atoms. The van der Waals surface area contributed by atoms with Gasteiger partial charge in [-0.25, -0.2) is 9.97 Å². The van der Waals surface area contributed by atoms with Crippen molar-refractivity contribution in [2.24, 2.45) is 0 Å². The van der Waals surface area contributed by atoms with Crippen molar-refractivity contribution in [3.63, 3.8) is 0 Å². The molecule has 1 N–H and O–H groups in total. The van der Waals surface area contributed by atoms with E-state index >= 15 is 0 Å². The summed E-state index contributed by atoms with van der Waals surface area (Å²) in [7, 11) is 0. The summed E-state index contributed by atoms with van der Waals surface area (Å²) in [5.41, 5.74) is 1.57. The van der Waals surface area contributed by atoms with Gasteiger partial charge in [0.15, 0.2) is 0 Å². The Balaban J connectivity index is 2.31. The Morgan fingerprint density at radius 3 is 2.94 bits per heavy atom. The highest BCUT2D eigenvalue weighted by molar-refractivity contribution is 6.32. The van der Waals surface area contributed by atoms with Crippen molar-refractivity contribution in [3.05, 3.63) is 46.9 Å². The number of aliphatic hydroxyl groups excluding tert-OH is 1. The second kappa shape index (κ2) is 5.12. The average molecular weight is 251 g/mol. The van der Waals surface area contributed by atoms with Gasteiger partial charge in [-0.2, -0.15) is 0 Å². The zero-order chi connectivity index (χ0) is 12.3. The average Bonchev–Trinajstić information content (AvgIpc) is 2.33. The lowest BCUT2D eigenvalue weighted by Gasteiger charge is -2.09. The number of aromatic nitrogens is 2. The zero-order valence-corrected chi connectivity index (χ0v) is 9.98. The first-order valence-corrected chi connectivity index (χ1v) is 5.42. The number of nitrogens with zero attached hydrogens (tertiary/aromatic N) is 2. The first-order chi connectivity index (χ1) is 8.20. The molecule has 2 rings (SSSR count). The maximum absolute atomic E-state index is 9.12. The SMILES string of the molecule is Cc1ccc(Oc2ncncc2CO)c(Cl)c1. The second-order valence-electron chi connectivity index (χ2n) is 3.55. The van der Waals surface area contributed by atoms with Gasteiger partial charge in [0.2, 0.25) is 5.88 Å². The fourth-order valence-corrected chi connectivity index (χ4v) is 1.61. The monoisotopic (exact) mass is 250 g/mol. The topological polar surface area (TPSA) is 55.2 Å². The number of ether oxygens (including phenoxy) is 1. The second-order valence-corrected chi connectivity index (χ2v) is 3.95. The smallest absolute Gasteiger partial charge is 0.227 e. The minimum atomic E-state index is -0.181. The summed E-state index contributed by atoms with van der Waals surface area (Å²) in [6.45, 7) is 1.76. The number of rotatable bonds is 3.